The molecule has 0 N–H and O–H groups in total. The summed E-state index contributed by atoms with van der Waals surface area (Å²) < 4.78 is 5.76. The van der Waals surface area contributed by atoms with E-state index in [-0.39, 0.29) is 12.2 Å². The van der Waals surface area contributed by atoms with Crippen molar-refractivity contribution in [2.24, 2.45) is 0 Å². The molecule has 3 heterocycles. The molecule has 4 rings (SSSR count). The van der Waals surface area contributed by atoms with Gasteiger partial charge in [0.1, 0.15) is 0 Å². The molecule has 134 valence electrons. The molecule has 4 aromatic rings. The molecular weight excluding hydrogens is 338 g/mol. The number of aryl methyl sites for hydroxylation is 3. The van der Waals surface area contributed by atoms with Gasteiger partial charge in [-0.2, -0.15) is 4.98 Å². The third-order valence-electron chi connectivity index (χ3n) is 4.53. The highest BCUT2D eigenvalue weighted by Gasteiger charge is 2.16. The number of fused-ring (bicyclic) bond motifs is 1. The number of ketones is 1. The Morgan fingerprint density at radius 2 is 1.78 bits per heavy atom. The molecule has 5 heteroatoms. The van der Waals surface area contributed by atoms with Crippen molar-refractivity contribution in [2.45, 2.75) is 27.2 Å². The van der Waals surface area contributed by atoms with Gasteiger partial charge in [-0.15, -0.1) is 0 Å². The van der Waals surface area contributed by atoms with Crippen molar-refractivity contribution in [3.63, 3.8) is 0 Å². The van der Waals surface area contributed by atoms with E-state index in [0.29, 0.717) is 22.8 Å². The molecule has 0 aliphatic carbocycles. The zero-order valence-electron chi connectivity index (χ0n) is 15.5. The Labute approximate surface area is 157 Å². The Balaban J connectivity index is 1.64. The third kappa shape index (κ3) is 3.36. The van der Waals surface area contributed by atoms with Crippen LogP contribution >= 0.6 is 0 Å². The third-order valence-corrected chi connectivity index (χ3v) is 4.53. The number of hydrogen-bond donors (Lipinski definition) is 0. The smallest absolute Gasteiger partial charge is 0.229 e. The van der Waals surface area contributed by atoms with E-state index in [1.807, 2.05) is 51.1 Å². The quantitative estimate of drug-likeness (QED) is 0.498. The second-order valence-electron chi connectivity index (χ2n) is 6.75. The van der Waals surface area contributed by atoms with E-state index in [2.05, 4.69) is 15.0 Å². The molecule has 0 aliphatic heterocycles. The van der Waals surface area contributed by atoms with Gasteiger partial charge in [0.25, 0.3) is 0 Å². The van der Waals surface area contributed by atoms with Gasteiger partial charge in [-0.05, 0) is 56.2 Å². The molecule has 0 amide bonds. The molecule has 0 saturated heterocycles. The fourth-order valence-corrected chi connectivity index (χ4v) is 3.47. The summed E-state index contributed by atoms with van der Waals surface area (Å²) in [7, 11) is 0. The van der Waals surface area contributed by atoms with Crippen LogP contribution < -0.4 is 0 Å². The molecule has 0 bridgehead atoms. The Kier molecular flexibility index (Phi) is 4.28. The topological polar surface area (TPSA) is 68.9 Å². The molecule has 0 atom stereocenters. The molecule has 0 saturated carbocycles. The van der Waals surface area contributed by atoms with Crippen molar-refractivity contribution in [1.82, 2.24) is 15.0 Å². The molecule has 3 aromatic heterocycles. The fraction of sp³-hybridized carbons (Fsp3) is 0.182. The highest BCUT2D eigenvalue weighted by molar-refractivity contribution is 6.00. The van der Waals surface area contributed by atoms with Crippen LogP contribution in [0.4, 0.5) is 0 Å². The number of carbonyl (C=O) groups is 1. The summed E-state index contributed by atoms with van der Waals surface area (Å²) in [6.07, 6.45) is 3.59. The molecule has 0 aliphatic rings. The fourth-order valence-electron chi connectivity index (χ4n) is 3.47. The highest BCUT2D eigenvalue weighted by atomic mass is 16.3. The number of Topliss-reactive ketones (excluding diaryl/α,β-unsaturated/α-hetero) is 1. The monoisotopic (exact) mass is 357 g/mol. The van der Waals surface area contributed by atoms with Crippen LogP contribution in [0.5, 0.6) is 0 Å². The van der Waals surface area contributed by atoms with E-state index in [4.69, 9.17) is 4.42 Å². The minimum Gasteiger partial charge on any atom is -0.434 e. The summed E-state index contributed by atoms with van der Waals surface area (Å²) in [5, 5.41) is 0. The molecular formula is C22H19N3O2. The Bertz CT molecular complexity index is 1110. The van der Waals surface area contributed by atoms with Gasteiger partial charge in [-0.25, -0.2) is 4.98 Å². The van der Waals surface area contributed by atoms with Gasteiger partial charge in [0.05, 0.1) is 6.42 Å². The van der Waals surface area contributed by atoms with Crippen LogP contribution in [0.2, 0.25) is 0 Å². The molecule has 1 aromatic carbocycles. The van der Waals surface area contributed by atoms with E-state index < -0.39 is 0 Å². The maximum Gasteiger partial charge on any atom is 0.229 e. The van der Waals surface area contributed by atoms with E-state index in [9.17, 15) is 4.79 Å². The van der Waals surface area contributed by atoms with Gasteiger partial charge < -0.3 is 4.42 Å². The average molecular weight is 357 g/mol. The van der Waals surface area contributed by atoms with Crippen LogP contribution in [0.1, 0.15) is 32.7 Å². The van der Waals surface area contributed by atoms with Gasteiger partial charge in [0, 0.05) is 29.2 Å². The van der Waals surface area contributed by atoms with Crippen molar-refractivity contribution in [1.29, 1.82) is 0 Å². The molecule has 5 nitrogen and oxygen atoms in total. The minimum atomic E-state index is 0.0638. The van der Waals surface area contributed by atoms with E-state index in [1.54, 1.807) is 18.5 Å². The molecule has 0 spiro atoms. The lowest BCUT2D eigenvalue weighted by molar-refractivity contribution is 0.0991. The van der Waals surface area contributed by atoms with Crippen molar-refractivity contribution < 1.29 is 9.21 Å². The van der Waals surface area contributed by atoms with Crippen LogP contribution in [0, 0.1) is 20.8 Å². The van der Waals surface area contributed by atoms with Crippen molar-refractivity contribution in [3.05, 3.63) is 76.7 Å². The zero-order valence-corrected chi connectivity index (χ0v) is 15.5. The first-order valence-electron chi connectivity index (χ1n) is 8.79. The molecule has 0 fully saturated rings. The van der Waals surface area contributed by atoms with E-state index in [1.165, 1.54) is 0 Å². The number of pyridine rings is 2. The number of carbonyl (C=O) groups excluding carboxylic acids is 1. The zero-order chi connectivity index (χ0) is 19.0. The van der Waals surface area contributed by atoms with Gasteiger partial charge in [-0.3, -0.25) is 9.78 Å². The van der Waals surface area contributed by atoms with Crippen molar-refractivity contribution in [2.75, 3.05) is 0 Å². The summed E-state index contributed by atoms with van der Waals surface area (Å²) in [4.78, 5) is 25.8. The van der Waals surface area contributed by atoms with Crippen LogP contribution in [0.25, 0.3) is 22.7 Å². The summed E-state index contributed by atoms with van der Waals surface area (Å²) in [5.74, 6) is 0.538. The first kappa shape index (κ1) is 17.1. The number of nitrogens with zero attached hydrogens (tertiary/aromatic N) is 3. The summed E-state index contributed by atoms with van der Waals surface area (Å²) >= 11 is 0. The van der Waals surface area contributed by atoms with Crippen LogP contribution in [-0.4, -0.2) is 20.7 Å². The maximum absolute atomic E-state index is 12.9. The Hall–Kier alpha value is -3.34. The highest BCUT2D eigenvalue weighted by Crippen LogP contribution is 2.24. The van der Waals surface area contributed by atoms with Crippen molar-refractivity contribution >= 4 is 17.0 Å². The van der Waals surface area contributed by atoms with Crippen molar-refractivity contribution in [3.8, 4) is 11.5 Å². The van der Waals surface area contributed by atoms with Gasteiger partial charge in [0.15, 0.2) is 17.0 Å². The van der Waals surface area contributed by atoms with Crippen LogP contribution in [-0.2, 0) is 6.42 Å². The lowest BCUT2D eigenvalue weighted by Crippen LogP contribution is -2.09. The molecule has 27 heavy (non-hydrogen) atoms. The predicted molar refractivity (Wildman–Crippen MR) is 104 cm³/mol. The van der Waals surface area contributed by atoms with Crippen LogP contribution in [0.3, 0.4) is 0 Å². The summed E-state index contributed by atoms with van der Waals surface area (Å²) in [6, 6.07) is 11.4. The lowest BCUT2D eigenvalue weighted by atomic mass is 9.94. The van der Waals surface area contributed by atoms with Gasteiger partial charge in [-0.1, -0.05) is 17.7 Å². The summed E-state index contributed by atoms with van der Waals surface area (Å²) in [5.41, 5.74) is 6.60. The Morgan fingerprint density at radius 3 is 2.52 bits per heavy atom. The molecule has 0 unspecified atom stereocenters. The van der Waals surface area contributed by atoms with Gasteiger partial charge in [0.2, 0.25) is 5.89 Å². The number of benzene rings is 1. The summed E-state index contributed by atoms with van der Waals surface area (Å²) in [6.45, 7) is 5.99. The largest absolute Gasteiger partial charge is 0.434 e. The van der Waals surface area contributed by atoms with Gasteiger partial charge >= 0.3 is 0 Å². The number of hydrogen-bond acceptors (Lipinski definition) is 5. The number of oxazole rings is 1. The number of aromatic nitrogens is 3. The predicted octanol–water partition coefficient (Wildman–Crippen LogP) is 4.64. The minimum absolute atomic E-state index is 0.0638. The normalized spacial score (nSPS) is 11.1. The SMILES string of the molecule is Cc1cc(C)c(C(=O)Cc2cc(-c3nc4ncccc4o3)ccn2)c(C)c1. The second kappa shape index (κ2) is 6.76. The maximum atomic E-state index is 12.9. The standard InChI is InChI=1S/C22H19N3O2/c1-13-9-14(2)20(15(3)10-13)18(26)12-17-11-16(6-8-23-17)22-25-21-19(27-22)5-4-7-24-21/h4-11H,12H2,1-3H3. The average Bonchev–Trinajstić information content (AvgIpc) is 3.05. The first-order chi connectivity index (χ1) is 13.0. The first-order valence-corrected chi connectivity index (χ1v) is 8.79. The lowest BCUT2D eigenvalue weighted by Gasteiger charge is -2.10. The second-order valence-corrected chi connectivity index (χ2v) is 6.75. The molecule has 0 radical (unpaired) electrons. The van der Waals surface area contributed by atoms with E-state index >= 15 is 0 Å². The van der Waals surface area contributed by atoms with Crippen LogP contribution in [0.15, 0.2) is 53.2 Å². The number of rotatable bonds is 4. The Morgan fingerprint density at radius 1 is 1.00 bits per heavy atom. The van der Waals surface area contributed by atoms with E-state index in [0.717, 1.165) is 27.8 Å².